The minimum atomic E-state index is -3.89. The molecule has 16 heavy (non-hydrogen) atoms. The second-order valence-corrected chi connectivity index (χ2v) is 4.84. The van der Waals surface area contributed by atoms with Crippen molar-refractivity contribution in [2.75, 3.05) is 12.3 Å². The first-order chi connectivity index (χ1) is 7.49. The Morgan fingerprint density at radius 3 is 2.75 bits per heavy atom. The lowest BCUT2D eigenvalue weighted by molar-refractivity contribution is 0.559. The van der Waals surface area contributed by atoms with Gasteiger partial charge in [-0.2, -0.15) is 0 Å². The summed E-state index contributed by atoms with van der Waals surface area (Å²) in [6.45, 7) is 3.62. The molecule has 0 heterocycles. The third-order valence-corrected chi connectivity index (χ3v) is 3.46. The van der Waals surface area contributed by atoms with Crippen LogP contribution in [0.1, 0.15) is 6.42 Å². The topological polar surface area (TPSA) is 72.2 Å². The second-order valence-electron chi connectivity index (χ2n) is 3.13. The molecule has 3 N–H and O–H groups in total. The summed E-state index contributed by atoms with van der Waals surface area (Å²) in [5.74, 6) is -0.855. The molecule has 0 atom stereocenters. The van der Waals surface area contributed by atoms with E-state index in [1.165, 1.54) is 12.1 Å². The van der Waals surface area contributed by atoms with Crippen LogP contribution in [0.5, 0.6) is 0 Å². The molecule has 0 aliphatic heterocycles. The average molecular weight is 244 g/mol. The Balaban J connectivity index is 3.03. The predicted molar refractivity (Wildman–Crippen MR) is 60.8 cm³/mol. The molecule has 0 amide bonds. The van der Waals surface area contributed by atoms with Crippen LogP contribution in [0.2, 0.25) is 0 Å². The van der Waals surface area contributed by atoms with Gasteiger partial charge in [-0.15, -0.1) is 6.58 Å². The van der Waals surface area contributed by atoms with Gasteiger partial charge in [0.2, 0.25) is 10.0 Å². The number of nitrogen functional groups attached to an aromatic ring is 1. The summed E-state index contributed by atoms with van der Waals surface area (Å²) in [6, 6.07) is 3.75. The minimum absolute atomic E-state index is 0.105. The number of nitrogens with two attached hydrogens (primary N) is 1. The van der Waals surface area contributed by atoms with Gasteiger partial charge in [0.05, 0.1) is 5.69 Å². The molecule has 0 spiro atoms. The van der Waals surface area contributed by atoms with Crippen molar-refractivity contribution in [1.29, 1.82) is 0 Å². The van der Waals surface area contributed by atoms with E-state index in [1.54, 1.807) is 6.08 Å². The molecule has 0 saturated heterocycles. The number of halogens is 1. The summed E-state index contributed by atoms with van der Waals surface area (Å²) in [5.41, 5.74) is 5.33. The van der Waals surface area contributed by atoms with Crippen molar-refractivity contribution in [3.63, 3.8) is 0 Å². The first-order valence-corrected chi connectivity index (χ1v) is 6.12. The molecule has 4 nitrogen and oxygen atoms in total. The molecule has 88 valence electrons. The van der Waals surface area contributed by atoms with Crippen LogP contribution in [-0.4, -0.2) is 15.0 Å². The first-order valence-electron chi connectivity index (χ1n) is 4.63. The lowest BCUT2D eigenvalue weighted by atomic mass is 10.3. The van der Waals surface area contributed by atoms with E-state index in [0.717, 1.165) is 6.07 Å². The van der Waals surface area contributed by atoms with Crippen molar-refractivity contribution >= 4 is 15.7 Å². The van der Waals surface area contributed by atoms with Crippen LogP contribution < -0.4 is 10.5 Å². The van der Waals surface area contributed by atoms with E-state index in [0.29, 0.717) is 6.42 Å². The normalized spacial score (nSPS) is 11.3. The highest BCUT2D eigenvalue weighted by molar-refractivity contribution is 7.89. The maximum atomic E-state index is 13.3. The molecule has 1 aromatic rings. The molecule has 1 aromatic carbocycles. The van der Waals surface area contributed by atoms with Crippen molar-refractivity contribution in [3.05, 3.63) is 36.7 Å². The fourth-order valence-corrected chi connectivity index (χ4v) is 2.41. The molecular weight excluding hydrogens is 231 g/mol. The van der Waals surface area contributed by atoms with E-state index in [-0.39, 0.29) is 12.2 Å². The monoisotopic (exact) mass is 244 g/mol. The Labute approximate surface area is 94.0 Å². The van der Waals surface area contributed by atoms with Gasteiger partial charge in [-0.3, -0.25) is 0 Å². The molecular formula is C10H13FN2O2S. The number of sulfonamides is 1. The SMILES string of the molecule is C=CCCNS(=O)(=O)c1c(N)cccc1F. The first kappa shape index (κ1) is 12.7. The largest absolute Gasteiger partial charge is 0.398 e. The Hall–Kier alpha value is -1.40. The Kier molecular flexibility index (Phi) is 4.03. The lowest BCUT2D eigenvalue weighted by Gasteiger charge is -2.08. The summed E-state index contributed by atoms with van der Waals surface area (Å²) in [7, 11) is -3.89. The second kappa shape index (κ2) is 5.09. The van der Waals surface area contributed by atoms with Crippen molar-refractivity contribution < 1.29 is 12.8 Å². The van der Waals surface area contributed by atoms with Gasteiger partial charge >= 0.3 is 0 Å². The van der Waals surface area contributed by atoms with Crippen LogP contribution in [0.15, 0.2) is 35.7 Å². The fraction of sp³-hybridized carbons (Fsp3) is 0.200. The third-order valence-electron chi connectivity index (χ3n) is 1.91. The quantitative estimate of drug-likeness (QED) is 0.465. The van der Waals surface area contributed by atoms with Crippen LogP contribution in [-0.2, 0) is 10.0 Å². The lowest BCUT2D eigenvalue weighted by Crippen LogP contribution is -2.26. The van der Waals surface area contributed by atoms with Crippen molar-refractivity contribution in [2.45, 2.75) is 11.3 Å². The van der Waals surface area contributed by atoms with E-state index in [9.17, 15) is 12.8 Å². The molecule has 0 bridgehead atoms. The summed E-state index contributed by atoms with van der Waals surface area (Å²) in [5, 5.41) is 0. The van der Waals surface area contributed by atoms with E-state index in [4.69, 9.17) is 5.73 Å². The molecule has 1 rings (SSSR count). The Bertz CT molecular complexity index is 465. The highest BCUT2D eigenvalue weighted by atomic mass is 32.2. The third kappa shape index (κ3) is 2.80. The molecule has 0 radical (unpaired) electrons. The van der Waals surface area contributed by atoms with Gasteiger partial charge in [-0.1, -0.05) is 12.1 Å². The summed E-state index contributed by atoms with van der Waals surface area (Å²) in [4.78, 5) is -0.501. The average Bonchev–Trinajstić information content (AvgIpc) is 2.17. The van der Waals surface area contributed by atoms with E-state index >= 15 is 0 Å². The smallest absolute Gasteiger partial charge is 0.245 e. The molecule has 6 heteroatoms. The number of hydrogen-bond donors (Lipinski definition) is 2. The van der Waals surface area contributed by atoms with Gasteiger partial charge in [0.1, 0.15) is 10.7 Å². The summed E-state index contributed by atoms with van der Waals surface area (Å²) < 4.78 is 38.9. The molecule has 0 saturated carbocycles. The minimum Gasteiger partial charge on any atom is -0.398 e. The number of hydrogen-bond acceptors (Lipinski definition) is 3. The van der Waals surface area contributed by atoms with Crippen LogP contribution in [0.4, 0.5) is 10.1 Å². The zero-order chi connectivity index (χ0) is 12.2. The van der Waals surface area contributed by atoms with Crippen molar-refractivity contribution in [3.8, 4) is 0 Å². The highest BCUT2D eigenvalue weighted by Crippen LogP contribution is 2.21. The van der Waals surface area contributed by atoms with Crippen molar-refractivity contribution in [2.24, 2.45) is 0 Å². The summed E-state index contributed by atoms with van der Waals surface area (Å²) >= 11 is 0. The van der Waals surface area contributed by atoms with Crippen LogP contribution in [0, 0.1) is 5.82 Å². The van der Waals surface area contributed by atoms with Crippen LogP contribution >= 0.6 is 0 Å². The standard InChI is InChI=1S/C10H13FN2O2S/c1-2-3-7-13-16(14,15)10-8(11)5-4-6-9(10)12/h2,4-6,13H,1,3,7,12H2. The van der Waals surface area contributed by atoms with Gasteiger partial charge in [0.15, 0.2) is 0 Å². The zero-order valence-corrected chi connectivity index (χ0v) is 9.43. The van der Waals surface area contributed by atoms with Gasteiger partial charge in [0.25, 0.3) is 0 Å². The molecule has 0 aromatic heterocycles. The number of anilines is 1. The molecule has 0 aliphatic carbocycles. The number of nitrogens with one attached hydrogen (secondary N) is 1. The van der Waals surface area contributed by atoms with E-state index in [2.05, 4.69) is 11.3 Å². The van der Waals surface area contributed by atoms with Crippen molar-refractivity contribution in [1.82, 2.24) is 4.72 Å². The molecule has 0 fully saturated rings. The fourth-order valence-electron chi connectivity index (χ4n) is 1.18. The Morgan fingerprint density at radius 1 is 1.50 bits per heavy atom. The number of rotatable bonds is 5. The maximum Gasteiger partial charge on any atom is 0.245 e. The van der Waals surface area contributed by atoms with Gasteiger partial charge in [-0.25, -0.2) is 17.5 Å². The van der Waals surface area contributed by atoms with Gasteiger partial charge in [-0.05, 0) is 18.6 Å². The maximum absolute atomic E-state index is 13.3. The van der Waals surface area contributed by atoms with E-state index in [1.807, 2.05) is 0 Å². The van der Waals surface area contributed by atoms with Crippen LogP contribution in [0.25, 0.3) is 0 Å². The molecule has 0 aliphatic rings. The number of benzene rings is 1. The van der Waals surface area contributed by atoms with Crippen LogP contribution in [0.3, 0.4) is 0 Å². The highest BCUT2D eigenvalue weighted by Gasteiger charge is 2.21. The van der Waals surface area contributed by atoms with E-state index < -0.39 is 20.7 Å². The van der Waals surface area contributed by atoms with Gasteiger partial charge < -0.3 is 5.73 Å². The molecule has 0 unspecified atom stereocenters. The zero-order valence-electron chi connectivity index (χ0n) is 8.61. The predicted octanol–water partition coefficient (Wildman–Crippen LogP) is 1.26. The Morgan fingerprint density at radius 2 is 2.19 bits per heavy atom. The summed E-state index contributed by atoms with van der Waals surface area (Å²) in [6.07, 6.45) is 2.03. The van der Waals surface area contributed by atoms with Gasteiger partial charge in [0, 0.05) is 6.54 Å².